The Morgan fingerprint density at radius 3 is 2.33 bits per heavy atom. The van der Waals surface area contributed by atoms with Crippen LogP contribution >= 0.6 is 0 Å². The average Bonchev–Trinajstić information content (AvgIpc) is 2.89. The largest absolute Gasteiger partial charge is 0.493 e. The molecule has 4 rings (SSSR count). The summed E-state index contributed by atoms with van der Waals surface area (Å²) in [6.07, 6.45) is -0.263. The third-order valence-electron chi connectivity index (χ3n) is 5.56. The maximum Gasteiger partial charge on any atom is 0.265 e. The molecule has 3 aromatic carbocycles. The first-order valence-corrected chi connectivity index (χ1v) is 11.5. The van der Waals surface area contributed by atoms with Gasteiger partial charge in [0.25, 0.3) is 5.91 Å². The van der Waals surface area contributed by atoms with E-state index in [0.717, 1.165) is 0 Å². The van der Waals surface area contributed by atoms with Crippen LogP contribution in [-0.2, 0) is 14.4 Å². The smallest absolute Gasteiger partial charge is 0.265 e. The second-order valence-corrected chi connectivity index (χ2v) is 7.91. The zero-order valence-corrected chi connectivity index (χ0v) is 20.0. The van der Waals surface area contributed by atoms with Crippen molar-refractivity contribution in [2.45, 2.75) is 19.4 Å². The zero-order chi connectivity index (χ0) is 25.5. The molecule has 9 nitrogen and oxygen atoms in total. The number of nitrogens with one attached hydrogen (secondary N) is 2. The normalized spacial score (nSPS) is 14.3. The van der Waals surface area contributed by atoms with Gasteiger partial charge in [0.05, 0.1) is 37.2 Å². The minimum atomic E-state index is -1.08. The maximum absolute atomic E-state index is 13.4. The molecule has 0 bridgehead atoms. The van der Waals surface area contributed by atoms with Gasteiger partial charge in [-0.25, -0.2) is 0 Å². The number of ether oxygens (including phenoxy) is 3. The molecule has 1 aliphatic rings. The number of nitrogens with zero attached hydrogens (tertiary/aromatic N) is 1. The monoisotopic (exact) mass is 489 g/mol. The van der Waals surface area contributed by atoms with Gasteiger partial charge in [-0.05, 0) is 43.3 Å². The van der Waals surface area contributed by atoms with E-state index >= 15 is 0 Å². The highest BCUT2D eigenvalue weighted by Crippen LogP contribution is 2.34. The van der Waals surface area contributed by atoms with Crippen LogP contribution in [0.25, 0.3) is 0 Å². The molecule has 3 amide bonds. The van der Waals surface area contributed by atoms with Crippen LogP contribution in [0.3, 0.4) is 0 Å². The third-order valence-corrected chi connectivity index (χ3v) is 5.56. The molecule has 1 heterocycles. The predicted molar refractivity (Wildman–Crippen MR) is 136 cm³/mol. The second kappa shape index (κ2) is 11.3. The number of rotatable bonds is 9. The molecule has 0 unspecified atom stereocenters. The van der Waals surface area contributed by atoms with Gasteiger partial charge in [0.15, 0.2) is 18.1 Å². The molecule has 0 aliphatic carbocycles. The topological polar surface area (TPSA) is 106 Å². The molecule has 2 N–H and O–H groups in total. The summed E-state index contributed by atoms with van der Waals surface area (Å²) in [6, 6.07) is 19.8. The Kier molecular flexibility index (Phi) is 7.69. The lowest BCUT2D eigenvalue weighted by atomic mass is 10.0. The molecule has 3 aromatic rings. The van der Waals surface area contributed by atoms with Crippen molar-refractivity contribution >= 4 is 34.8 Å². The fourth-order valence-electron chi connectivity index (χ4n) is 3.96. The Morgan fingerprint density at radius 1 is 0.917 bits per heavy atom. The molecule has 9 heteroatoms. The number of amides is 3. The zero-order valence-electron chi connectivity index (χ0n) is 20.0. The van der Waals surface area contributed by atoms with Crippen molar-refractivity contribution in [2.75, 3.05) is 35.9 Å². The quantitative estimate of drug-likeness (QED) is 0.473. The van der Waals surface area contributed by atoms with E-state index in [9.17, 15) is 14.4 Å². The van der Waals surface area contributed by atoms with Crippen LogP contribution in [-0.4, -0.2) is 44.1 Å². The van der Waals surface area contributed by atoms with Gasteiger partial charge in [-0.2, -0.15) is 0 Å². The fourth-order valence-corrected chi connectivity index (χ4v) is 3.96. The highest BCUT2D eigenvalue weighted by molar-refractivity contribution is 6.14. The molecule has 1 atom stereocenters. The lowest BCUT2D eigenvalue weighted by Crippen LogP contribution is -2.53. The summed E-state index contributed by atoms with van der Waals surface area (Å²) >= 11 is 0. The van der Waals surface area contributed by atoms with E-state index in [-0.39, 0.29) is 13.0 Å². The van der Waals surface area contributed by atoms with Crippen LogP contribution in [0.15, 0.2) is 72.8 Å². The number of hydrogen-bond donors (Lipinski definition) is 2. The van der Waals surface area contributed by atoms with Gasteiger partial charge in [-0.3, -0.25) is 19.3 Å². The molecule has 36 heavy (non-hydrogen) atoms. The minimum absolute atomic E-state index is 0.263. The van der Waals surface area contributed by atoms with Crippen LogP contribution < -0.4 is 29.7 Å². The molecule has 186 valence electrons. The fraction of sp³-hybridized carbons (Fsp3) is 0.222. The van der Waals surface area contributed by atoms with Gasteiger partial charge in [0.2, 0.25) is 11.8 Å². The lowest BCUT2D eigenvalue weighted by molar-refractivity contribution is -0.127. The number of fused-ring (bicyclic) bond motifs is 1. The predicted octanol–water partition coefficient (Wildman–Crippen LogP) is 3.86. The molecule has 0 saturated carbocycles. The maximum atomic E-state index is 13.4. The van der Waals surface area contributed by atoms with Crippen molar-refractivity contribution < 1.29 is 28.6 Å². The Bertz CT molecular complexity index is 1260. The Hall–Kier alpha value is -4.53. The van der Waals surface area contributed by atoms with Gasteiger partial charge in [0.1, 0.15) is 11.8 Å². The van der Waals surface area contributed by atoms with E-state index < -0.39 is 23.8 Å². The molecule has 1 aliphatic heterocycles. The number of benzene rings is 3. The SMILES string of the molecule is CCOc1ccccc1NC(=O)C[C@H]1C(=O)Nc2ccccc2N1C(=O)COc1ccccc1OC. The number of para-hydroxylation sites is 6. The number of anilines is 3. The molecule has 0 radical (unpaired) electrons. The van der Waals surface area contributed by atoms with Gasteiger partial charge in [0, 0.05) is 0 Å². The summed E-state index contributed by atoms with van der Waals surface area (Å²) in [5.74, 6) is 0.00858. The first-order valence-electron chi connectivity index (χ1n) is 11.5. The first kappa shape index (κ1) is 24.6. The molecular formula is C27H27N3O6. The summed E-state index contributed by atoms with van der Waals surface area (Å²) in [4.78, 5) is 40.7. The highest BCUT2D eigenvalue weighted by Gasteiger charge is 2.38. The van der Waals surface area contributed by atoms with Gasteiger partial charge in [-0.1, -0.05) is 36.4 Å². The van der Waals surface area contributed by atoms with Crippen LogP contribution in [0, 0.1) is 0 Å². The van der Waals surface area contributed by atoms with Gasteiger partial charge >= 0.3 is 0 Å². The number of carbonyl (C=O) groups excluding carboxylic acids is 3. The number of carbonyl (C=O) groups is 3. The first-order chi connectivity index (χ1) is 17.5. The minimum Gasteiger partial charge on any atom is -0.493 e. The van der Waals surface area contributed by atoms with E-state index in [1.54, 1.807) is 72.8 Å². The van der Waals surface area contributed by atoms with Crippen LogP contribution in [0.1, 0.15) is 13.3 Å². The van der Waals surface area contributed by atoms with Crippen molar-refractivity contribution in [1.82, 2.24) is 0 Å². The second-order valence-electron chi connectivity index (χ2n) is 7.91. The van der Waals surface area contributed by atoms with E-state index in [4.69, 9.17) is 14.2 Å². The summed E-state index contributed by atoms with van der Waals surface area (Å²) in [7, 11) is 1.51. The van der Waals surface area contributed by atoms with Gasteiger partial charge < -0.3 is 24.8 Å². The molecule has 0 aromatic heterocycles. The van der Waals surface area contributed by atoms with E-state index in [2.05, 4.69) is 10.6 Å². The number of methoxy groups -OCH3 is 1. The van der Waals surface area contributed by atoms with Crippen molar-refractivity contribution in [3.8, 4) is 17.2 Å². The van der Waals surface area contributed by atoms with E-state index in [1.165, 1.54) is 12.0 Å². The average molecular weight is 490 g/mol. The summed E-state index contributed by atoms with van der Waals surface area (Å²) < 4.78 is 16.6. The number of hydrogen-bond acceptors (Lipinski definition) is 6. The summed E-state index contributed by atoms with van der Waals surface area (Å²) in [5, 5.41) is 5.58. The van der Waals surface area contributed by atoms with Crippen LogP contribution in [0.2, 0.25) is 0 Å². The third kappa shape index (κ3) is 5.41. The summed E-state index contributed by atoms with van der Waals surface area (Å²) in [5.41, 5.74) is 1.45. The van der Waals surface area contributed by atoms with E-state index in [1.807, 2.05) is 6.92 Å². The Labute approximate surface area is 209 Å². The van der Waals surface area contributed by atoms with E-state index in [0.29, 0.717) is 40.9 Å². The van der Waals surface area contributed by atoms with Crippen molar-refractivity contribution in [1.29, 1.82) is 0 Å². The van der Waals surface area contributed by atoms with Crippen molar-refractivity contribution in [3.05, 3.63) is 72.8 Å². The molecule has 0 spiro atoms. The van der Waals surface area contributed by atoms with Crippen LogP contribution in [0.5, 0.6) is 17.2 Å². The van der Waals surface area contributed by atoms with Crippen molar-refractivity contribution in [3.63, 3.8) is 0 Å². The van der Waals surface area contributed by atoms with Crippen LogP contribution in [0.4, 0.5) is 17.1 Å². The summed E-state index contributed by atoms with van der Waals surface area (Å²) in [6.45, 7) is 1.93. The standard InChI is InChI=1S/C27H27N3O6/c1-3-35-22-13-7-5-11-19(22)28-25(31)16-21-27(33)29-18-10-4-6-12-20(18)30(21)26(32)17-36-24-15-9-8-14-23(24)34-2/h4-15,21H,3,16-17H2,1-2H3,(H,28,31)(H,29,33)/t21-/m0/s1. The Morgan fingerprint density at radius 2 is 1.58 bits per heavy atom. The highest BCUT2D eigenvalue weighted by atomic mass is 16.5. The van der Waals surface area contributed by atoms with Crippen molar-refractivity contribution in [2.24, 2.45) is 0 Å². The van der Waals surface area contributed by atoms with Gasteiger partial charge in [-0.15, -0.1) is 0 Å². The lowest BCUT2D eigenvalue weighted by Gasteiger charge is -2.36. The molecular weight excluding hydrogens is 462 g/mol. The molecule has 0 fully saturated rings. The Balaban J connectivity index is 1.56. The molecule has 0 saturated heterocycles.